The summed E-state index contributed by atoms with van der Waals surface area (Å²) in [4.78, 5) is 12.7. The zero-order chi connectivity index (χ0) is 46.8. The number of azo groups is 1. The number of rotatable bonds is 17. The molecule has 16 heteroatoms. The highest BCUT2D eigenvalue weighted by molar-refractivity contribution is 8.53. The van der Waals surface area contributed by atoms with Crippen molar-refractivity contribution >= 4 is 78.7 Å². The quantitative estimate of drug-likeness (QED) is 0.0447. The van der Waals surface area contributed by atoms with Crippen LogP contribution in [-0.4, -0.2) is 46.8 Å². The summed E-state index contributed by atoms with van der Waals surface area (Å²) in [5, 5.41) is 35.0. The van der Waals surface area contributed by atoms with Crippen LogP contribution in [0.2, 0.25) is 0 Å². The summed E-state index contributed by atoms with van der Waals surface area (Å²) in [6.07, 6.45) is 3.35. The van der Waals surface area contributed by atoms with Crippen LogP contribution in [0.4, 0.5) is 11.4 Å². The minimum absolute atomic E-state index is 0.0454. The van der Waals surface area contributed by atoms with Gasteiger partial charge in [-0.2, -0.15) is 5.11 Å². The fourth-order valence-corrected chi connectivity index (χ4v) is 9.20. The lowest BCUT2D eigenvalue weighted by Gasteiger charge is -2.30. The van der Waals surface area contributed by atoms with Crippen LogP contribution in [0.5, 0.6) is 28.7 Å². The molecule has 0 unspecified atom stereocenters. The van der Waals surface area contributed by atoms with Gasteiger partial charge < -0.3 is 34.1 Å². The normalized spacial score (nSPS) is 12.6. The van der Waals surface area contributed by atoms with E-state index in [0.29, 0.717) is 54.0 Å². The Morgan fingerprint density at radius 1 is 0.797 bits per heavy atom. The van der Waals surface area contributed by atoms with Gasteiger partial charge in [-0.3, -0.25) is 4.79 Å². The Bertz CT molecular complexity index is 3010. The van der Waals surface area contributed by atoms with Crippen molar-refractivity contribution in [3.8, 4) is 28.7 Å². The number of carbonyl (C=O) groups is 1. The lowest BCUT2D eigenvalue weighted by atomic mass is 9.76. The molecule has 0 bridgehead atoms. The van der Waals surface area contributed by atoms with Gasteiger partial charge in [-0.1, -0.05) is 100 Å². The maximum atomic E-state index is 13.5. The molecule has 12 nitrogen and oxygen atoms in total. The number of aryl methyl sites for hydroxylation is 1. The van der Waals surface area contributed by atoms with Gasteiger partial charge in [-0.05, 0) is 115 Å². The Kier molecular flexibility index (Phi) is 14.4. The van der Waals surface area contributed by atoms with E-state index >= 15 is 0 Å². The van der Waals surface area contributed by atoms with Crippen molar-refractivity contribution in [2.75, 3.05) is 13.2 Å². The van der Waals surface area contributed by atoms with Gasteiger partial charge in [-0.25, -0.2) is 8.42 Å². The minimum Gasteiger partial charge on any atom is -0.787 e. The van der Waals surface area contributed by atoms with Gasteiger partial charge in [0.1, 0.15) is 38.8 Å². The SMILES string of the molecule is CCC(C)(C)c1ccc(OCCCCNC(=O)c2cc(Oc3ccc(N=Nc4c(S([O-])(=S)=S)cc5cc(S(=O)(=O)[O-])cc(C)c5c4O)cc3)c3ccccc3c2O)c(C(C)(C)CC)c1. The van der Waals surface area contributed by atoms with Crippen LogP contribution in [0, 0.1) is 6.92 Å². The minimum atomic E-state index is -4.84. The first-order chi connectivity index (χ1) is 30.1. The number of ether oxygens (including phenoxy) is 2. The van der Waals surface area contributed by atoms with E-state index in [0.717, 1.165) is 30.7 Å². The van der Waals surface area contributed by atoms with E-state index in [1.54, 1.807) is 48.5 Å². The summed E-state index contributed by atoms with van der Waals surface area (Å²) in [6.45, 7) is 15.7. The van der Waals surface area contributed by atoms with E-state index in [1.165, 1.54) is 30.2 Å². The van der Waals surface area contributed by atoms with Gasteiger partial charge in [0.25, 0.3) is 5.91 Å². The maximum absolute atomic E-state index is 13.5. The smallest absolute Gasteiger partial charge is 0.255 e. The Hall–Kier alpha value is -5.23. The number of aromatic hydroxyl groups is 2. The molecule has 6 aromatic carbocycles. The predicted octanol–water partition coefficient (Wildman–Crippen LogP) is 11.4. The molecule has 0 heterocycles. The van der Waals surface area contributed by atoms with Crippen molar-refractivity contribution in [1.29, 1.82) is 0 Å². The first-order valence-corrected chi connectivity index (χ1v) is 25.6. The van der Waals surface area contributed by atoms with Crippen LogP contribution in [0.3, 0.4) is 0 Å². The number of amides is 1. The van der Waals surface area contributed by atoms with Gasteiger partial charge in [0, 0.05) is 33.2 Å². The number of phenols is 2. The van der Waals surface area contributed by atoms with Crippen LogP contribution in [0.15, 0.2) is 111 Å². The van der Waals surface area contributed by atoms with Crippen LogP contribution in [-0.2, 0) is 50.8 Å². The Balaban J connectivity index is 1.15. The summed E-state index contributed by atoms with van der Waals surface area (Å²) in [5.74, 6) is 0.435. The van der Waals surface area contributed by atoms with Crippen molar-refractivity contribution in [3.05, 3.63) is 113 Å². The second-order valence-electron chi connectivity index (χ2n) is 16.9. The average Bonchev–Trinajstić information content (AvgIpc) is 3.24. The van der Waals surface area contributed by atoms with Crippen LogP contribution in [0.1, 0.15) is 94.3 Å². The second kappa shape index (κ2) is 19.1. The maximum Gasteiger partial charge on any atom is 0.255 e. The van der Waals surface area contributed by atoms with Gasteiger partial charge in [0.15, 0.2) is 5.75 Å². The zero-order valence-electron chi connectivity index (χ0n) is 36.7. The molecule has 0 fully saturated rings. The molecule has 0 spiro atoms. The molecule has 0 aliphatic rings. The van der Waals surface area contributed by atoms with E-state index < -0.39 is 34.1 Å². The van der Waals surface area contributed by atoms with Crippen molar-refractivity contribution < 1.29 is 42.0 Å². The third kappa shape index (κ3) is 10.6. The monoisotopic (exact) mass is 941 g/mol. The summed E-state index contributed by atoms with van der Waals surface area (Å²) in [5.41, 5.74) is 2.81. The standard InChI is InChI=1S/C48H53N3O9S4/c1-8-47(4,5)31-16-21-39(38(27-31)48(6,7)9-2)59-23-13-12-22-49-46(54)37-28-40(35-14-10-11-15-36(35)44(37)52)60-33-19-17-32(18-20-33)50-51-43-41(64(58,61)62)26-30-25-34(63(55,56)57)24-29(3)42(30)45(43)53/h10-11,14-21,24-28,52-53H,8-9,12-13,22-23H2,1-7H3,(H,49,54)(H,55,56,57)(H,58,61,62)/p-2. The van der Waals surface area contributed by atoms with E-state index in [-0.39, 0.29) is 49.1 Å². The molecule has 64 heavy (non-hydrogen) atoms. The first-order valence-electron chi connectivity index (χ1n) is 20.8. The van der Waals surface area contributed by atoms with Gasteiger partial charge in [-0.15, -0.1) is 12.5 Å². The number of carbonyl (C=O) groups excluding carboxylic acids is 1. The third-order valence-electron chi connectivity index (χ3n) is 11.8. The number of unbranched alkanes of at least 4 members (excludes halogenated alkanes) is 1. The van der Waals surface area contributed by atoms with Crippen LogP contribution >= 0.6 is 0 Å². The van der Waals surface area contributed by atoms with E-state index in [1.807, 2.05) is 0 Å². The van der Waals surface area contributed by atoms with Crippen molar-refractivity contribution in [2.24, 2.45) is 10.2 Å². The van der Waals surface area contributed by atoms with Crippen molar-refractivity contribution in [1.82, 2.24) is 5.32 Å². The number of benzene rings is 6. The van der Waals surface area contributed by atoms with Crippen LogP contribution in [0.25, 0.3) is 21.5 Å². The molecule has 6 aromatic rings. The lowest BCUT2D eigenvalue weighted by molar-refractivity contribution is 0.0949. The fourth-order valence-electron chi connectivity index (χ4n) is 7.20. The summed E-state index contributed by atoms with van der Waals surface area (Å²) in [7, 11) is -8.45. The van der Waals surface area contributed by atoms with E-state index in [2.05, 4.69) is 75.3 Å². The molecule has 0 saturated heterocycles. The summed E-state index contributed by atoms with van der Waals surface area (Å²) in [6, 6.07) is 24.8. The number of nitrogens with one attached hydrogen (secondary N) is 1. The molecule has 0 aliphatic carbocycles. The van der Waals surface area contributed by atoms with Gasteiger partial charge in [0.05, 0.1) is 22.8 Å². The van der Waals surface area contributed by atoms with E-state index in [9.17, 15) is 32.5 Å². The molecule has 3 N–H and O–H groups in total. The molecule has 6 rings (SSSR count). The third-order valence-corrected chi connectivity index (χ3v) is 14.5. The molecule has 0 aromatic heterocycles. The molecule has 0 saturated carbocycles. The molecule has 0 radical (unpaired) electrons. The molecular weight excluding hydrogens is 891 g/mol. The number of phenolic OH excluding ortho intramolecular Hbond substituents is 2. The fraction of sp³-hybridized carbons (Fsp3) is 0.312. The Labute approximate surface area is 384 Å². The number of nitrogens with zero attached hydrogens (tertiary/aromatic N) is 2. The van der Waals surface area contributed by atoms with E-state index in [4.69, 9.17) is 31.8 Å². The molecule has 1 amide bonds. The highest BCUT2D eigenvalue weighted by atomic mass is 33.1. The lowest BCUT2D eigenvalue weighted by Crippen LogP contribution is -2.25. The van der Waals surface area contributed by atoms with Crippen molar-refractivity contribution in [2.45, 2.75) is 94.8 Å². The van der Waals surface area contributed by atoms with Crippen molar-refractivity contribution in [3.63, 3.8) is 0 Å². The second-order valence-corrected chi connectivity index (χ2v) is 23.1. The van der Waals surface area contributed by atoms with Crippen LogP contribution < -0.4 is 14.8 Å². The molecule has 0 aliphatic heterocycles. The molecular formula is C48H51N3O9S4-2. The zero-order valence-corrected chi connectivity index (χ0v) is 39.9. The molecule has 0 atom stereocenters. The highest BCUT2D eigenvalue weighted by Crippen LogP contribution is 2.44. The average molecular weight is 942 g/mol. The van der Waals surface area contributed by atoms with Gasteiger partial charge >= 0.3 is 0 Å². The van der Waals surface area contributed by atoms with Gasteiger partial charge in [0.2, 0.25) is 0 Å². The highest BCUT2D eigenvalue weighted by Gasteiger charge is 2.27. The predicted molar refractivity (Wildman–Crippen MR) is 256 cm³/mol. The molecule has 338 valence electrons. The Morgan fingerprint density at radius 2 is 1.47 bits per heavy atom. The number of fused-ring (bicyclic) bond motifs is 2. The summed E-state index contributed by atoms with van der Waals surface area (Å²) >= 11 is 10.1. The topological polar surface area (TPSA) is 193 Å². The Morgan fingerprint density at radius 3 is 2.11 bits per heavy atom. The largest absolute Gasteiger partial charge is 0.787 e. The number of hydrogen-bond acceptors (Lipinski definition) is 13. The summed E-state index contributed by atoms with van der Waals surface area (Å²) < 4.78 is 60.7. The number of hydrogen-bond donors (Lipinski definition) is 3. The first kappa shape index (κ1) is 48.2.